The summed E-state index contributed by atoms with van der Waals surface area (Å²) in [7, 11) is -4.64. The van der Waals surface area contributed by atoms with Gasteiger partial charge in [-0.3, -0.25) is 0 Å². The molecule has 0 saturated carbocycles. The van der Waals surface area contributed by atoms with Crippen molar-refractivity contribution in [3.8, 4) is 0 Å². The first-order valence-electron chi connectivity index (χ1n) is 0.783. The van der Waals surface area contributed by atoms with Crippen LogP contribution in [-0.4, -0.2) is 52.4 Å². The Labute approximate surface area is 119 Å². The summed E-state index contributed by atoms with van der Waals surface area (Å²) in [5.41, 5.74) is 0. The zero-order valence-electron chi connectivity index (χ0n) is 5.66. The van der Waals surface area contributed by atoms with Crippen molar-refractivity contribution >= 4 is 45.6 Å². The second kappa shape index (κ2) is 13.5. The van der Waals surface area contributed by atoms with Gasteiger partial charge in [0.25, 0.3) is 0 Å². The molecule has 0 aromatic carbocycles. The van der Waals surface area contributed by atoms with Gasteiger partial charge in [0.15, 0.2) is 0 Å². The Kier molecular flexibility index (Phi) is 44.6. The monoisotopic (exact) mass is 232 g/mol. The second-order valence-corrected chi connectivity index (χ2v) is 1.54. The van der Waals surface area contributed by atoms with Crippen molar-refractivity contribution in [3.05, 3.63) is 0 Å². The third-order valence-electron chi connectivity index (χ3n) is 0. The molecule has 0 bridgehead atoms. The van der Waals surface area contributed by atoms with Crippen LogP contribution in [0.1, 0.15) is 1.43 Å². The van der Waals surface area contributed by atoms with Crippen molar-refractivity contribution in [3.63, 3.8) is 0 Å². The van der Waals surface area contributed by atoms with Crippen molar-refractivity contribution in [2.75, 3.05) is 0 Å². The van der Waals surface area contributed by atoms with Gasteiger partial charge in [-0.1, -0.05) is 0 Å². The number of hydrogen-bond donors (Lipinski definition) is 3. The second-order valence-electron chi connectivity index (χ2n) is 0.513. The predicted molar refractivity (Wildman–Crippen MR) is 21.1 cm³/mol. The Bertz CT molecular complexity index is 69.4. The van der Waals surface area contributed by atoms with Crippen LogP contribution in [0.4, 0.5) is 0 Å². The molecule has 0 aromatic heterocycles. The maximum atomic E-state index is 8.88. The third kappa shape index (κ3) is 101. The van der Waals surface area contributed by atoms with Gasteiger partial charge < -0.3 is 40.9 Å². The van der Waals surface area contributed by atoms with E-state index in [9.17, 15) is 0 Å². The summed E-state index contributed by atoms with van der Waals surface area (Å²) in [6.45, 7) is 0. The van der Waals surface area contributed by atoms with Crippen molar-refractivity contribution in [2.24, 2.45) is 0 Å². The molecule has 0 fully saturated rings. The summed E-state index contributed by atoms with van der Waals surface area (Å²) < 4.78 is 8.88. The first-order valence-corrected chi connectivity index (χ1v) is 2.35. The van der Waals surface area contributed by atoms with Crippen LogP contribution >= 0.6 is 7.82 Å². The summed E-state index contributed by atoms with van der Waals surface area (Å²) in [6.07, 6.45) is 0. The van der Waals surface area contributed by atoms with Crippen LogP contribution in [0.5, 0.6) is 0 Å². The summed E-state index contributed by atoms with van der Waals surface area (Å²) >= 11 is 0. The fraction of sp³-hybridized carbons (Fsp3) is 0. The molecule has 0 unspecified atom stereocenters. The summed E-state index contributed by atoms with van der Waals surface area (Å²) in [5, 5.41) is 0. The molecule has 4 nitrogen and oxygen atoms in total. The van der Waals surface area contributed by atoms with Crippen molar-refractivity contribution in [2.45, 2.75) is 0 Å². The normalized spacial score (nSPS) is 6.56. The SMILES string of the molecule is O=P(O)(O)O.[Ca+2].[Cl-].[Cl-].[H-].[Na+]. The van der Waals surface area contributed by atoms with Crippen LogP contribution in [0, 0.1) is 0 Å². The topological polar surface area (TPSA) is 77.8 Å². The van der Waals surface area contributed by atoms with E-state index >= 15 is 0 Å². The van der Waals surface area contributed by atoms with Crippen molar-refractivity contribution in [1.29, 1.82) is 0 Å². The Balaban J connectivity index is -0.00000000800. The molecule has 0 aliphatic rings. The van der Waals surface area contributed by atoms with Crippen molar-refractivity contribution < 1.29 is 75.0 Å². The average molecular weight is 233 g/mol. The smallest absolute Gasteiger partial charge is 1.00 e. The number of halogens is 2. The van der Waals surface area contributed by atoms with Gasteiger partial charge in [-0.2, -0.15) is 0 Å². The minimum atomic E-state index is -4.64. The molecule has 0 aliphatic carbocycles. The molecule has 0 spiro atoms. The predicted octanol–water partition coefficient (Wildman–Crippen LogP) is -10.2. The van der Waals surface area contributed by atoms with E-state index in [0.717, 1.165) is 0 Å². The molecular formula is H4CaCl2NaO4P. The summed E-state index contributed by atoms with van der Waals surface area (Å²) in [5.74, 6) is 0. The molecular weight excluding hydrogens is 229 g/mol. The molecule has 0 aliphatic heterocycles. The first kappa shape index (κ1) is 29.7. The van der Waals surface area contributed by atoms with Gasteiger partial charge >= 0.3 is 75.1 Å². The molecule has 9 heavy (non-hydrogen) atoms. The van der Waals surface area contributed by atoms with Gasteiger partial charge in [-0.05, 0) is 0 Å². The van der Waals surface area contributed by atoms with E-state index in [0.29, 0.717) is 0 Å². The molecule has 0 radical (unpaired) electrons. The fourth-order valence-electron chi connectivity index (χ4n) is 0. The van der Waals surface area contributed by atoms with E-state index < -0.39 is 7.82 Å². The van der Waals surface area contributed by atoms with Gasteiger partial charge in [0, 0.05) is 0 Å². The van der Waals surface area contributed by atoms with E-state index in [1.54, 1.807) is 0 Å². The van der Waals surface area contributed by atoms with Gasteiger partial charge in [-0.25, -0.2) is 4.57 Å². The van der Waals surface area contributed by atoms with E-state index in [1.165, 1.54) is 0 Å². The van der Waals surface area contributed by atoms with E-state index in [-0.39, 0.29) is 93.5 Å². The summed E-state index contributed by atoms with van der Waals surface area (Å²) in [6, 6.07) is 0. The Hall–Kier alpha value is 2.95. The number of hydrogen-bond acceptors (Lipinski definition) is 1. The quantitative estimate of drug-likeness (QED) is 0.287. The van der Waals surface area contributed by atoms with Gasteiger partial charge in [-0.15, -0.1) is 0 Å². The third-order valence-corrected chi connectivity index (χ3v) is 0. The van der Waals surface area contributed by atoms with E-state index in [1.807, 2.05) is 0 Å². The maximum Gasteiger partial charge on any atom is 2.00 e. The molecule has 3 N–H and O–H groups in total. The first-order chi connectivity index (χ1) is 2.00. The van der Waals surface area contributed by atoms with Gasteiger partial charge in [0.2, 0.25) is 0 Å². The molecule has 50 valence electrons. The molecule has 0 aromatic rings. The maximum absolute atomic E-state index is 8.88. The molecule has 0 rings (SSSR count). The molecule has 0 amide bonds. The molecule has 0 atom stereocenters. The zero-order valence-corrected chi connectivity index (χ0v) is 11.3. The van der Waals surface area contributed by atoms with Crippen LogP contribution in [-0.2, 0) is 4.57 Å². The van der Waals surface area contributed by atoms with Gasteiger partial charge in [0.1, 0.15) is 0 Å². The van der Waals surface area contributed by atoms with E-state index in [4.69, 9.17) is 19.2 Å². The number of phosphoric acid groups is 1. The number of rotatable bonds is 0. The minimum absolute atomic E-state index is 0. The van der Waals surface area contributed by atoms with Crippen LogP contribution in [0.25, 0.3) is 0 Å². The Morgan fingerprint density at radius 3 is 1.11 bits per heavy atom. The Morgan fingerprint density at radius 1 is 1.11 bits per heavy atom. The van der Waals surface area contributed by atoms with E-state index in [2.05, 4.69) is 0 Å². The van der Waals surface area contributed by atoms with Gasteiger partial charge in [0.05, 0.1) is 0 Å². The zero-order chi connectivity index (χ0) is 4.50. The minimum Gasteiger partial charge on any atom is -1.00 e. The van der Waals surface area contributed by atoms with Crippen LogP contribution in [0.2, 0.25) is 0 Å². The average Bonchev–Trinajstić information content (AvgIpc) is 0.722. The van der Waals surface area contributed by atoms with Crippen LogP contribution < -0.4 is 54.4 Å². The fourth-order valence-corrected chi connectivity index (χ4v) is 0. The van der Waals surface area contributed by atoms with Crippen LogP contribution in [0.3, 0.4) is 0 Å². The summed E-state index contributed by atoms with van der Waals surface area (Å²) in [4.78, 5) is 21.6. The van der Waals surface area contributed by atoms with Crippen molar-refractivity contribution in [1.82, 2.24) is 0 Å². The molecule has 9 heteroatoms. The van der Waals surface area contributed by atoms with Crippen LogP contribution in [0.15, 0.2) is 0 Å². The molecule has 0 saturated heterocycles. The largest absolute Gasteiger partial charge is 2.00 e. The Morgan fingerprint density at radius 2 is 1.11 bits per heavy atom. The standard InChI is InChI=1S/Ca.2ClH.Na.H3O4P.H/c;;;;1-5(2,3)4;/h;2*1H;;(H3,1,2,3,4);/q+2;;;+1;;-1/p-2. The molecule has 0 heterocycles.